The molecule has 1 aliphatic heterocycles. The predicted molar refractivity (Wildman–Crippen MR) is 80.6 cm³/mol. The van der Waals surface area contributed by atoms with E-state index in [1.54, 1.807) is 14.7 Å². The van der Waals surface area contributed by atoms with Gasteiger partial charge in [0.05, 0.1) is 0 Å². The summed E-state index contributed by atoms with van der Waals surface area (Å²) < 4.78 is 0. The average Bonchev–Trinajstić information content (AvgIpc) is 2.54. The Bertz CT molecular complexity index is 344. The molecule has 6 heteroatoms. The van der Waals surface area contributed by atoms with Gasteiger partial charge in [-0.2, -0.15) is 0 Å². The van der Waals surface area contributed by atoms with Gasteiger partial charge in [0.2, 0.25) is 6.41 Å². The molecule has 0 atom stereocenters. The third-order valence-corrected chi connectivity index (χ3v) is 3.78. The molecule has 0 radical (unpaired) electrons. The Balaban J connectivity index is 2.56. The molecule has 21 heavy (non-hydrogen) atoms. The van der Waals surface area contributed by atoms with Gasteiger partial charge in [0, 0.05) is 39.3 Å². The van der Waals surface area contributed by atoms with E-state index in [0.29, 0.717) is 39.3 Å². The van der Waals surface area contributed by atoms with Crippen LogP contribution in [0.5, 0.6) is 0 Å². The zero-order chi connectivity index (χ0) is 15.7. The highest BCUT2D eigenvalue weighted by Crippen LogP contribution is 2.05. The van der Waals surface area contributed by atoms with Crippen molar-refractivity contribution in [3.8, 4) is 0 Å². The third-order valence-electron chi connectivity index (χ3n) is 3.78. The molecule has 0 bridgehead atoms. The second kappa shape index (κ2) is 9.37. The lowest BCUT2D eigenvalue weighted by atomic mass is 10.2. The highest BCUT2D eigenvalue weighted by Gasteiger charge is 2.28. The maximum absolute atomic E-state index is 12.4. The van der Waals surface area contributed by atoms with Crippen molar-refractivity contribution in [2.75, 3.05) is 39.3 Å². The summed E-state index contributed by atoms with van der Waals surface area (Å²) in [5.74, 6) is -0.816. The fourth-order valence-electron chi connectivity index (χ4n) is 2.31. The van der Waals surface area contributed by atoms with Gasteiger partial charge in [-0.05, 0) is 12.8 Å². The van der Waals surface area contributed by atoms with E-state index >= 15 is 0 Å². The topological polar surface area (TPSA) is 60.9 Å². The molecule has 1 aliphatic rings. The summed E-state index contributed by atoms with van der Waals surface area (Å²) >= 11 is 0. The quantitative estimate of drug-likeness (QED) is 0.514. The Morgan fingerprint density at radius 2 is 1.52 bits per heavy atom. The largest absolute Gasteiger partial charge is 0.342 e. The summed E-state index contributed by atoms with van der Waals surface area (Å²) in [5, 5.41) is 0. The van der Waals surface area contributed by atoms with E-state index in [2.05, 4.69) is 13.8 Å². The van der Waals surface area contributed by atoms with Crippen LogP contribution < -0.4 is 0 Å². The highest BCUT2D eigenvalue weighted by molar-refractivity contribution is 6.34. The zero-order valence-corrected chi connectivity index (χ0v) is 13.2. The molecule has 120 valence electrons. The lowest BCUT2D eigenvalue weighted by molar-refractivity contribution is -0.153. The van der Waals surface area contributed by atoms with E-state index in [4.69, 9.17) is 0 Å². The average molecular weight is 297 g/mol. The van der Waals surface area contributed by atoms with Crippen molar-refractivity contribution in [1.29, 1.82) is 0 Å². The summed E-state index contributed by atoms with van der Waals surface area (Å²) in [6, 6.07) is 0. The molecule has 6 nitrogen and oxygen atoms in total. The molecule has 0 aliphatic carbocycles. The van der Waals surface area contributed by atoms with E-state index < -0.39 is 11.8 Å². The van der Waals surface area contributed by atoms with Gasteiger partial charge >= 0.3 is 11.8 Å². The number of unbranched alkanes of at least 4 members (excludes halogenated alkanes) is 2. The van der Waals surface area contributed by atoms with Crippen molar-refractivity contribution in [2.24, 2.45) is 0 Å². The smallest absolute Gasteiger partial charge is 0.312 e. The van der Waals surface area contributed by atoms with Crippen LogP contribution in [0.1, 0.15) is 39.5 Å². The van der Waals surface area contributed by atoms with Gasteiger partial charge in [-0.3, -0.25) is 14.4 Å². The number of nitrogens with zero attached hydrogens (tertiary/aromatic N) is 3. The van der Waals surface area contributed by atoms with E-state index in [1.165, 1.54) is 0 Å². The van der Waals surface area contributed by atoms with Crippen molar-refractivity contribution in [3.05, 3.63) is 0 Å². The molecule has 0 unspecified atom stereocenters. The first kappa shape index (κ1) is 17.5. The second-order valence-electron chi connectivity index (χ2n) is 5.43. The highest BCUT2D eigenvalue weighted by atomic mass is 16.2. The van der Waals surface area contributed by atoms with Gasteiger partial charge in [0.15, 0.2) is 0 Å². The summed E-state index contributed by atoms with van der Waals surface area (Å²) in [6.07, 6.45) is 4.63. The third kappa shape index (κ3) is 5.36. The fourth-order valence-corrected chi connectivity index (χ4v) is 2.31. The number of hydrogen-bond acceptors (Lipinski definition) is 3. The van der Waals surface area contributed by atoms with Crippen molar-refractivity contribution in [2.45, 2.75) is 39.5 Å². The first-order chi connectivity index (χ1) is 10.1. The molecular formula is C15H27N3O3. The minimum Gasteiger partial charge on any atom is -0.342 e. The molecule has 0 spiro atoms. The first-order valence-electron chi connectivity index (χ1n) is 7.91. The van der Waals surface area contributed by atoms with E-state index in [9.17, 15) is 14.4 Å². The van der Waals surface area contributed by atoms with Crippen molar-refractivity contribution in [1.82, 2.24) is 14.7 Å². The van der Waals surface area contributed by atoms with Gasteiger partial charge in [-0.15, -0.1) is 0 Å². The van der Waals surface area contributed by atoms with Crippen LogP contribution >= 0.6 is 0 Å². The van der Waals surface area contributed by atoms with Crippen LogP contribution in [0.2, 0.25) is 0 Å². The molecular weight excluding hydrogens is 270 g/mol. The Kier molecular flexibility index (Phi) is 7.79. The second-order valence-corrected chi connectivity index (χ2v) is 5.43. The fraction of sp³-hybridized carbons (Fsp3) is 0.800. The number of hydrogen-bond donors (Lipinski definition) is 0. The lowest BCUT2D eigenvalue weighted by Crippen LogP contribution is -2.53. The molecule has 1 heterocycles. The van der Waals surface area contributed by atoms with Gasteiger partial charge < -0.3 is 14.7 Å². The van der Waals surface area contributed by atoms with Crippen molar-refractivity contribution >= 4 is 18.2 Å². The van der Waals surface area contributed by atoms with Crippen LogP contribution in [-0.2, 0) is 14.4 Å². The summed E-state index contributed by atoms with van der Waals surface area (Å²) in [4.78, 5) is 40.2. The van der Waals surface area contributed by atoms with Gasteiger partial charge in [-0.1, -0.05) is 26.7 Å². The van der Waals surface area contributed by atoms with Crippen LogP contribution in [0.15, 0.2) is 0 Å². The molecule has 0 saturated carbocycles. The summed E-state index contributed by atoms with van der Waals surface area (Å²) in [7, 11) is 0. The first-order valence-corrected chi connectivity index (χ1v) is 7.91. The van der Waals surface area contributed by atoms with E-state index in [1.807, 2.05) is 0 Å². The summed E-state index contributed by atoms with van der Waals surface area (Å²) in [6.45, 7) is 7.34. The number of piperazine rings is 1. The molecule has 0 aromatic rings. The Morgan fingerprint density at radius 1 is 1.00 bits per heavy atom. The summed E-state index contributed by atoms with van der Waals surface area (Å²) in [5.41, 5.74) is 0. The molecule has 1 rings (SSSR count). The minimum absolute atomic E-state index is 0.392. The van der Waals surface area contributed by atoms with Crippen molar-refractivity contribution in [3.63, 3.8) is 0 Å². The Morgan fingerprint density at radius 3 is 1.95 bits per heavy atom. The standard InChI is InChI=1S/C15H27N3O3/c1-3-5-7-17(8-6-4-2)14(20)15(21)18-11-9-16(13-19)10-12-18/h13H,3-12H2,1-2H3. The van der Waals surface area contributed by atoms with Gasteiger partial charge in [-0.25, -0.2) is 0 Å². The SMILES string of the molecule is CCCCN(CCCC)C(=O)C(=O)N1CCN(C=O)CC1. The van der Waals surface area contributed by atoms with E-state index in [0.717, 1.165) is 32.1 Å². The maximum Gasteiger partial charge on any atom is 0.312 e. The lowest BCUT2D eigenvalue weighted by Gasteiger charge is -2.33. The van der Waals surface area contributed by atoms with Crippen LogP contribution in [-0.4, -0.2) is 72.2 Å². The molecule has 0 N–H and O–H groups in total. The van der Waals surface area contributed by atoms with E-state index in [-0.39, 0.29) is 0 Å². The van der Waals surface area contributed by atoms with Crippen LogP contribution in [0, 0.1) is 0 Å². The molecule has 3 amide bonds. The molecule has 1 saturated heterocycles. The molecule has 1 fully saturated rings. The normalized spacial score (nSPS) is 15.0. The van der Waals surface area contributed by atoms with Crippen LogP contribution in [0.3, 0.4) is 0 Å². The monoisotopic (exact) mass is 297 g/mol. The minimum atomic E-state index is -0.423. The van der Waals surface area contributed by atoms with Crippen LogP contribution in [0.4, 0.5) is 0 Å². The predicted octanol–water partition coefficient (Wildman–Crippen LogP) is 0.716. The zero-order valence-electron chi connectivity index (χ0n) is 13.2. The Hall–Kier alpha value is -1.59. The number of carbonyl (C=O) groups excluding carboxylic acids is 3. The van der Waals surface area contributed by atoms with Crippen molar-refractivity contribution < 1.29 is 14.4 Å². The number of rotatable bonds is 7. The van der Waals surface area contributed by atoms with Crippen LogP contribution in [0.25, 0.3) is 0 Å². The number of carbonyl (C=O) groups is 3. The van der Waals surface area contributed by atoms with Gasteiger partial charge in [0.1, 0.15) is 0 Å². The molecule has 0 aromatic carbocycles. The maximum atomic E-state index is 12.4. The Labute approximate surface area is 127 Å². The van der Waals surface area contributed by atoms with Gasteiger partial charge in [0.25, 0.3) is 0 Å². The number of amides is 3. The molecule has 0 aromatic heterocycles.